The lowest BCUT2D eigenvalue weighted by Crippen LogP contribution is -2.37. The Labute approximate surface area is 173 Å². The molecule has 2 aromatic carbocycles. The van der Waals surface area contributed by atoms with Crippen molar-refractivity contribution in [2.75, 3.05) is 27.2 Å². The summed E-state index contributed by atoms with van der Waals surface area (Å²) in [6.45, 7) is 5.37. The highest BCUT2D eigenvalue weighted by atomic mass is 16.5. The molecule has 5 heteroatoms. The van der Waals surface area contributed by atoms with Crippen molar-refractivity contribution in [2.24, 2.45) is 11.8 Å². The molecule has 0 aliphatic carbocycles. The molecule has 0 aromatic heterocycles. The molecule has 1 fully saturated rings. The molecule has 1 saturated heterocycles. The van der Waals surface area contributed by atoms with Gasteiger partial charge in [-0.2, -0.15) is 0 Å². The summed E-state index contributed by atoms with van der Waals surface area (Å²) in [6, 6.07) is 17.8. The Morgan fingerprint density at radius 2 is 1.83 bits per heavy atom. The van der Waals surface area contributed by atoms with E-state index in [9.17, 15) is 9.59 Å². The first-order chi connectivity index (χ1) is 13.9. The molecule has 0 N–H and O–H groups in total. The van der Waals surface area contributed by atoms with Gasteiger partial charge < -0.3 is 14.5 Å². The lowest BCUT2D eigenvalue weighted by atomic mass is 9.88. The number of nitrogens with zero attached hydrogens (tertiary/aromatic N) is 2. The molecule has 2 aromatic rings. The number of benzene rings is 2. The quantitative estimate of drug-likeness (QED) is 0.753. The smallest absolute Gasteiger partial charge is 0.228 e. The van der Waals surface area contributed by atoms with Crippen LogP contribution in [-0.2, 0) is 16.1 Å². The van der Waals surface area contributed by atoms with Gasteiger partial charge in [0, 0.05) is 38.5 Å². The minimum Gasteiger partial charge on any atom is -0.497 e. The van der Waals surface area contributed by atoms with Crippen LogP contribution in [0, 0.1) is 11.8 Å². The fourth-order valence-corrected chi connectivity index (χ4v) is 4.03. The van der Waals surface area contributed by atoms with Gasteiger partial charge in [0.2, 0.25) is 11.8 Å². The monoisotopic (exact) mass is 394 g/mol. The zero-order chi connectivity index (χ0) is 21.0. The van der Waals surface area contributed by atoms with Crippen LogP contribution in [0.5, 0.6) is 5.75 Å². The Kier molecular flexibility index (Phi) is 6.57. The van der Waals surface area contributed by atoms with Crippen LogP contribution >= 0.6 is 0 Å². The van der Waals surface area contributed by atoms with Crippen molar-refractivity contribution in [3.8, 4) is 5.75 Å². The third kappa shape index (κ3) is 4.78. The predicted octanol–water partition coefficient (Wildman–Crippen LogP) is 3.55. The summed E-state index contributed by atoms with van der Waals surface area (Å²) in [6.07, 6.45) is 0. The van der Waals surface area contributed by atoms with E-state index in [1.807, 2.05) is 80.4 Å². The van der Waals surface area contributed by atoms with Crippen LogP contribution in [0.2, 0.25) is 0 Å². The summed E-state index contributed by atoms with van der Waals surface area (Å²) < 4.78 is 5.37. The van der Waals surface area contributed by atoms with E-state index in [0.717, 1.165) is 16.9 Å². The fourth-order valence-electron chi connectivity index (χ4n) is 4.03. The SMILES string of the molecule is COc1cccc([C@@H]2CN(C(=O)C(C)C)C[C@@H]2C(=O)N(C)Cc2ccccc2)c1. The normalized spacial score (nSPS) is 18.7. The summed E-state index contributed by atoms with van der Waals surface area (Å²) in [7, 11) is 3.48. The van der Waals surface area contributed by atoms with Crippen molar-refractivity contribution < 1.29 is 14.3 Å². The Morgan fingerprint density at radius 3 is 2.48 bits per heavy atom. The number of methoxy groups -OCH3 is 1. The number of rotatable bonds is 6. The van der Waals surface area contributed by atoms with Gasteiger partial charge in [-0.15, -0.1) is 0 Å². The average molecular weight is 395 g/mol. The van der Waals surface area contributed by atoms with Crippen LogP contribution < -0.4 is 4.74 Å². The fraction of sp³-hybridized carbons (Fsp3) is 0.417. The topological polar surface area (TPSA) is 49.9 Å². The van der Waals surface area contributed by atoms with Crippen LogP contribution in [0.4, 0.5) is 0 Å². The van der Waals surface area contributed by atoms with E-state index in [2.05, 4.69) is 0 Å². The maximum atomic E-state index is 13.4. The van der Waals surface area contributed by atoms with Gasteiger partial charge >= 0.3 is 0 Å². The highest BCUT2D eigenvalue weighted by molar-refractivity contribution is 5.84. The first-order valence-electron chi connectivity index (χ1n) is 10.1. The van der Waals surface area contributed by atoms with Gasteiger partial charge in [-0.05, 0) is 23.3 Å². The second-order valence-electron chi connectivity index (χ2n) is 8.07. The molecule has 0 bridgehead atoms. The molecule has 0 unspecified atom stereocenters. The third-order valence-corrected chi connectivity index (χ3v) is 5.60. The van der Waals surface area contributed by atoms with Crippen molar-refractivity contribution in [2.45, 2.75) is 26.3 Å². The van der Waals surface area contributed by atoms with Crippen molar-refractivity contribution in [3.05, 3.63) is 65.7 Å². The Morgan fingerprint density at radius 1 is 1.10 bits per heavy atom. The van der Waals surface area contributed by atoms with Crippen LogP contribution in [0.15, 0.2) is 54.6 Å². The number of carbonyl (C=O) groups is 2. The third-order valence-electron chi connectivity index (χ3n) is 5.60. The Hall–Kier alpha value is -2.82. The molecule has 2 atom stereocenters. The van der Waals surface area contributed by atoms with E-state index in [1.54, 1.807) is 12.0 Å². The first-order valence-corrected chi connectivity index (χ1v) is 10.1. The van der Waals surface area contributed by atoms with Crippen molar-refractivity contribution in [1.82, 2.24) is 9.80 Å². The van der Waals surface area contributed by atoms with E-state index < -0.39 is 0 Å². The summed E-state index contributed by atoms with van der Waals surface area (Å²) in [5, 5.41) is 0. The van der Waals surface area contributed by atoms with Crippen LogP contribution in [0.3, 0.4) is 0 Å². The number of amides is 2. The average Bonchev–Trinajstić information content (AvgIpc) is 3.18. The van der Waals surface area contributed by atoms with Gasteiger partial charge in [-0.1, -0.05) is 56.3 Å². The molecular weight excluding hydrogens is 364 g/mol. The number of hydrogen-bond acceptors (Lipinski definition) is 3. The van der Waals surface area contributed by atoms with Gasteiger partial charge in [-0.25, -0.2) is 0 Å². The minimum absolute atomic E-state index is 0.0430. The molecule has 0 radical (unpaired) electrons. The number of carbonyl (C=O) groups excluding carboxylic acids is 2. The van der Waals surface area contributed by atoms with E-state index in [1.165, 1.54) is 0 Å². The van der Waals surface area contributed by atoms with E-state index >= 15 is 0 Å². The second kappa shape index (κ2) is 9.12. The zero-order valence-corrected chi connectivity index (χ0v) is 17.7. The maximum Gasteiger partial charge on any atom is 0.228 e. The largest absolute Gasteiger partial charge is 0.497 e. The van der Waals surface area contributed by atoms with Crippen LogP contribution in [-0.4, -0.2) is 48.9 Å². The molecule has 1 heterocycles. The lowest BCUT2D eigenvalue weighted by Gasteiger charge is -2.25. The molecular formula is C24H30N2O3. The van der Waals surface area contributed by atoms with E-state index in [0.29, 0.717) is 19.6 Å². The Balaban J connectivity index is 1.85. The van der Waals surface area contributed by atoms with Crippen LogP contribution in [0.1, 0.15) is 30.9 Å². The number of ether oxygens (including phenoxy) is 1. The lowest BCUT2D eigenvalue weighted by molar-refractivity contribution is -0.136. The molecule has 1 aliphatic heterocycles. The molecule has 3 rings (SSSR count). The summed E-state index contributed by atoms with van der Waals surface area (Å²) in [5.41, 5.74) is 2.13. The van der Waals surface area contributed by atoms with Gasteiger partial charge in [0.1, 0.15) is 5.75 Å². The molecule has 0 saturated carbocycles. The van der Waals surface area contributed by atoms with E-state index in [4.69, 9.17) is 4.74 Å². The molecule has 0 spiro atoms. The van der Waals surface area contributed by atoms with Gasteiger partial charge in [-0.3, -0.25) is 9.59 Å². The van der Waals surface area contributed by atoms with Crippen molar-refractivity contribution >= 4 is 11.8 Å². The molecule has 154 valence electrons. The minimum atomic E-state index is -0.265. The summed E-state index contributed by atoms with van der Waals surface area (Å²) >= 11 is 0. The zero-order valence-electron chi connectivity index (χ0n) is 17.7. The summed E-state index contributed by atoms with van der Waals surface area (Å²) in [4.78, 5) is 29.6. The first kappa shape index (κ1) is 20.9. The van der Waals surface area contributed by atoms with Gasteiger partial charge in [0.25, 0.3) is 0 Å². The van der Waals surface area contributed by atoms with Gasteiger partial charge in [0.15, 0.2) is 0 Å². The molecule has 2 amide bonds. The van der Waals surface area contributed by atoms with Crippen LogP contribution in [0.25, 0.3) is 0 Å². The van der Waals surface area contributed by atoms with Gasteiger partial charge in [0.05, 0.1) is 13.0 Å². The maximum absolute atomic E-state index is 13.4. The molecule has 1 aliphatic rings. The van der Waals surface area contributed by atoms with Crippen molar-refractivity contribution in [3.63, 3.8) is 0 Å². The second-order valence-corrected chi connectivity index (χ2v) is 8.07. The number of likely N-dealkylation sites (tertiary alicyclic amines) is 1. The highest BCUT2D eigenvalue weighted by Crippen LogP contribution is 2.36. The predicted molar refractivity (Wildman–Crippen MR) is 114 cm³/mol. The molecule has 5 nitrogen and oxygen atoms in total. The summed E-state index contributed by atoms with van der Waals surface area (Å²) in [5.74, 6) is 0.536. The number of hydrogen-bond donors (Lipinski definition) is 0. The highest BCUT2D eigenvalue weighted by Gasteiger charge is 2.41. The molecule has 29 heavy (non-hydrogen) atoms. The Bertz CT molecular complexity index is 850. The van der Waals surface area contributed by atoms with Crippen molar-refractivity contribution in [1.29, 1.82) is 0 Å². The van der Waals surface area contributed by atoms with E-state index in [-0.39, 0.29) is 29.6 Å². The standard InChI is InChI=1S/C24H30N2O3/c1-17(2)23(27)26-15-21(19-11-8-12-20(13-19)29-4)22(16-26)24(28)25(3)14-18-9-6-5-7-10-18/h5-13,17,21-22H,14-16H2,1-4H3/t21-,22-/m0/s1.